The number of carbonyl (C=O) groups excluding carboxylic acids is 3. The topological polar surface area (TPSA) is 118 Å². The zero-order valence-corrected chi connectivity index (χ0v) is 14.4. The zero-order valence-electron chi connectivity index (χ0n) is 14.4. The van der Waals surface area contributed by atoms with Gasteiger partial charge in [-0.1, -0.05) is 24.3 Å². The van der Waals surface area contributed by atoms with Crippen molar-refractivity contribution >= 4 is 23.3 Å². The van der Waals surface area contributed by atoms with Gasteiger partial charge in [0.05, 0.1) is 28.1 Å². The number of rotatable bonds is 6. The van der Waals surface area contributed by atoms with Gasteiger partial charge in [0.15, 0.2) is 0 Å². The minimum absolute atomic E-state index is 0.168. The quantitative estimate of drug-likeness (QED) is 0.474. The van der Waals surface area contributed by atoms with Crippen molar-refractivity contribution in [1.82, 2.24) is 4.90 Å². The number of fused-ring (bicyclic) bond motifs is 1. The molecule has 8 nitrogen and oxygen atoms in total. The largest absolute Gasteiger partial charge is 0.388 e. The summed E-state index contributed by atoms with van der Waals surface area (Å²) in [5.74, 6) is -2.61. The van der Waals surface area contributed by atoms with Crippen LogP contribution in [-0.2, 0) is 4.79 Å². The highest BCUT2D eigenvalue weighted by molar-refractivity contribution is 6.21. The van der Waals surface area contributed by atoms with E-state index in [9.17, 15) is 29.6 Å². The second-order valence-electron chi connectivity index (χ2n) is 6.28. The number of nitro groups is 1. The van der Waals surface area contributed by atoms with Crippen LogP contribution in [-0.4, -0.2) is 39.1 Å². The first-order valence-electron chi connectivity index (χ1n) is 8.19. The first-order valence-corrected chi connectivity index (χ1v) is 8.19. The van der Waals surface area contributed by atoms with Crippen molar-refractivity contribution in [3.8, 4) is 0 Å². The van der Waals surface area contributed by atoms with E-state index in [2.05, 4.69) is 0 Å². The minimum atomic E-state index is -1.40. The number of aliphatic hydroxyl groups excluding tert-OH is 1. The van der Waals surface area contributed by atoms with E-state index in [0.717, 1.165) is 4.90 Å². The first-order chi connectivity index (χ1) is 12.8. The number of nitro benzene ring substituents is 1. The number of amides is 2. The lowest BCUT2D eigenvalue weighted by atomic mass is 9.91. The van der Waals surface area contributed by atoms with Crippen LogP contribution in [0.25, 0.3) is 0 Å². The molecule has 0 saturated heterocycles. The Morgan fingerprint density at radius 1 is 1.11 bits per heavy atom. The average molecular weight is 368 g/mol. The third-order valence-electron chi connectivity index (χ3n) is 4.58. The van der Waals surface area contributed by atoms with E-state index >= 15 is 0 Å². The number of imide groups is 1. The monoisotopic (exact) mass is 368 g/mol. The van der Waals surface area contributed by atoms with Gasteiger partial charge < -0.3 is 5.11 Å². The number of aliphatic hydroxyl groups is 1. The first kappa shape index (κ1) is 18.4. The van der Waals surface area contributed by atoms with Crippen LogP contribution >= 0.6 is 0 Å². The molecule has 2 amide bonds. The van der Waals surface area contributed by atoms with Crippen molar-refractivity contribution in [2.45, 2.75) is 13.0 Å². The molecule has 2 atom stereocenters. The van der Waals surface area contributed by atoms with E-state index in [-0.39, 0.29) is 28.9 Å². The van der Waals surface area contributed by atoms with E-state index < -0.39 is 34.5 Å². The second-order valence-corrected chi connectivity index (χ2v) is 6.28. The Bertz CT molecular complexity index is 920. The van der Waals surface area contributed by atoms with Crippen LogP contribution in [0.2, 0.25) is 0 Å². The summed E-state index contributed by atoms with van der Waals surface area (Å²) in [5.41, 5.74) is 0.430. The molecule has 0 radical (unpaired) electrons. The highest BCUT2D eigenvalue weighted by atomic mass is 16.6. The molecule has 2 unspecified atom stereocenters. The number of Topliss-reactive ketones (excluding diaryl/α,β-unsaturated/α-hetero) is 1. The lowest BCUT2D eigenvalue weighted by Crippen LogP contribution is -2.39. The molecule has 1 aliphatic heterocycles. The summed E-state index contributed by atoms with van der Waals surface area (Å²) in [6.07, 6.45) is -1.40. The molecule has 0 saturated carbocycles. The maximum Gasteiger partial charge on any atom is 0.269 e. The number of hydrogen-bond donors (Lipinski definition) is 1. The summed E-state index contributed by atoms with van der Waals surface area (Å²) >= 11 is 0. The maximum atomic E-state index is 12.5. The Morgan fingerprint density at radius 3 is 2.22 bits per heavy atom. The second kappa shape index (κ2) is 7.08. The Labute approximate surface area is 154 Å². The van der Waals surface area contributed by atoms with Crippen molar-refractivity contribution in [2.75, 3.05) is 6.54 Å². The molecule has 27 heavy (non-hydrogen) atoms. The van der Waals surface area contributed by atoms with Crippen LogP contribution in [0.15, 0.2) is 48.5 Å². The molecule has 3 rings (SSSR count). The fourth-order valence-electron chi connectivity index (χ4n) is 3.11. The summed E-state index contributed by atoms with van der Waals surface area (Å²) in [6.45, 7) is 0.926. The maximum absolute atomic E-state index is 12.5. The molecule has 0 aromatic heterocycles. The Kier molecular flexibility index (Phi) is 4.83. The Hall–Kier alpha value is -3.39. The number of non-ortho nitro benzene ring substituents is 1. The van der Waals surface area contributed by atoms with Crippen molar-refractivity contribution < 1.29 is 24.4 Å². The SMILES string of the molecule is CC(=O)C(CN1C(=O)c2ccccc2C1=O)C(O)c1cccc([N+](=O)[O-])c1. The average Bonchev–Trinajstić information content (AvgIpc) is 2.90. The Balaban J connectivity index is 1.88. The van der Waals surface area contributed by atoms with Crippen molar-refractivity contribution in [1.29, 1.82) is 0 Å². The fourth-order valence-corrected chi connectivity index (χ4v) is 3.11. The van der Waals surface area contributed by atoms with Gasteiger partial charge in [-0.2, -0.15) is 0 Å². The standard InChI is InChI=1S/C19H16N2O6/c1-11(22)16(17(23)12-5-4-6-13(9-12)21(26)27)10-20-18(24)14-7-2-3-8-15(14)19(20)25/h2-9,16-17,23H,10H2,1H3. The number of nitrogens with zero attached hydrogens (tertiary/aromatic N) is 2. The van der Waals surface area contributed by atoms with E-state index in [0.29, 0.717) is 0 Å². The summed E-state index contributed by atoms with van der Waals surface area (Å²) in [6, 6.07) is 11.6. The molecule has 0 aliphatic carbocycles. The molecule has 1 aliphatic rings. The van der Waals surface area contributed by atoms with Gasteiger partial charge in [0, 0.05) is 18.7 Å². The molecular formula is C19H16N2O6. The molecule has 1 heterocycles. The zero-order chi connectivity index (χ0) is 19.7. The van der Waals surface area contributed by atoms with Crippen molar-refractivity contribution in [3.63, 3.8) is 0 Å². The van der Waals surface area contributed by atoms with Crippen LogP contribution in [0.1, 0.15) is 39.3 Å². The smallest absolute Gasteiger partial charge is 0.269 e. The van der Waals surface area contributed by atoms with E-state index in [1.54, 1.807) is 12.1 Å². The third kappa shape index (κ3) is 3.34. The van der Waals surface area contributed by atoms with Crippen molar-refractivity contribution in [2.24, 2.45) is 5.92 Å². The van der Waals surface area contributed by atoms with Gasteiger partial charge in [0.2, 0.25) is 0 Å². The fraction of sp³-hybridized carbons (Fsp3) is 0.211. The lowest BCUT2D eigenvalue weighted by Gasteiger charge is -2.25. The molecule has 2 aromatic carbocycles. The molecule has 0 bridgehead atoms. The molecule has 8 heteroatoms. The van der Waals surface area contributed by atoms with E-state index in [4.69, 9.17) is 0 Å². The third-order valence-corrected chi connectivity index (χ3v) is 4.58. The van der Waals surface area contributed by atoms with E-state index in [1.807, 2.05) is 0 Å². The van der Waals surface area contributed by atoms with Gasteiger partial charge in [-0.25, -0.2) is 0 Å². The molecule has 138 valence electrons. The molecular weight excluding hydrogens is 352 g/mol. The number of carbonyl (C=O) groups is 3. The molecule has 2 aromatic rings. The van der Waals surface area contributed by atoms with Crippen LogP contribution in [0.4, 0.5) is 5.69 Å². The summed E-state index contributed by atoms with van der Waals surface area (Å²) < 4.78 is 0. The van der Waals surface area contributed by atoms with Crippen LogP contribution in [0.3, 0.4) is 0 Å². The highest BCUT2D eigenvalue weighted by Gasteiger charge is 2.39. The van der Waals surface area contributed by atoms with Crippen LogP contribution in [0.5, 0.6) is 0 Å². The molecule has 0 spiro atoms. The van der Waals surface area contributed by atoms with Gasteiger partial charge in [0.1, 0.15) is 5.78 Å². The minimum Gasteiger partial charge on any atom is -0.388 e. The van der Waals surface area contributed by atoms with Crippen molar-refractivity contribution in [3.05, 3.63) is 75.3 Å². The van der Waals surface area contributed by atoms with Gasteiger partial charge in [-0.05, 0) is 24.6 Å². The predicted molar refractivity (Wildman–Crippen MR) is 94.0 cm³/mol. The number of benzene rings is 2. The Morgan fingerprint density at radius 2 is 1.70 bits per heavy atom. The normalized spacial score (nSPS) is 15.4. The van der Waals surface area contributed by atoms with Gasteiger partial charge in [-0.3, -0.25) is 29.4 Å². The highest BCUT2D eigenvalue weighted by Crippen LogP contribution is 2.30. The summed E-state index contributed by atoms with van der Waals surface area (Å²) in [5, 5.41) is 21.5. The summed E-state index contributed by atoms with van der Waals surface area (Å²) in [4.78, 5) is 48.3. The molecule has 1 N–H and O–H groups in total. The number of ketones is 1. The van der Waals surface area contributed by atoms with Gasteiger partial charge >= 0.3 is 0 Å². The molecule has 0 fully saturated rings. The van der Waals surface area contributed by atoms with Gasteiger partial charge in [0.25, 0.3) is 17.5 Å². The number of hydrogen-bond acceptors (Lipinski definition) is 6. The summed E-state index contributed by atoms with van der Waals surface area (Å²) in [7, 11) is 0. The lowest BCUT2D eigenvalue weighted by molar-refractivity contribution is -0.385. The van der Waals surface area contributed by atoms with Crippen LogP contribution < -0.4 is 0 Å². The van der Waals surface area contributed by atoms with Crippen LogP contribution in [0, 0.1) is 16.0 Å². The van der Waals surface area contributed by atoms with E-state index in [1.165, 1.54) is 43.3 Å². The van der Waals surface area contributed by atoms with Gasteiger partial charge in [-0.15, -0.1) is 0 Å². The predicted octanol–water partition coefficient (Wildman–Crippen LogP) is 2.13.